The quantitative estimate of drug-likeness (QED) is 0.573. The molecule has 0 heterocycles. The summed E-state index contributed by atoms with van der Waals surface area (Å²) in [6.07, 6.45) is -5.46. The zero-order valence-corrected chi connectivity index (χ0v) is 5.49. The van der Waals surface area contributed by atoms with Gasteiger partial charge in [0.1, 0.15) is 6.10 Å². The van der Waals surface area contributed by atoms with Gasteiger partial charge in [0.2, 0.25) is 0 Å². The number of hydrogen-bond donors (Lipinski definition) is 1. The molecule has 12 heavy (non-hydrogen) atoms. The number of aliphatic hydroxyl groups is 1. The van der Waals surface area contributed by atoms with Crippen LogP contribution in [0.2, 0.25) is 0 Å². The highest BCUT2D eigenvalue weighted by atomic mass is 19.2. The average Bonchev–Trinajstić information content (AvgIpc) is 2.08. The fraction of sp³-hybridized carbons (Fsp3) is 0.333. The summed E-state index contributed by atoms with van der Waals surface area (Å²) in [6, 6.07) is 0. The van der Waals surface area contributed by atoms with E-state index in [1.807, 2.05) is 0 Å². The molecule has 0 saturated carbocycles. The molecule has 0 aliphatic heterocycles. The van der Waals surface area contributed by atoms with Crippen molar-refractivity contribution in [1.29, 1.82) is 0 Å². The molecule has 1 aliphatic carbocycles. The molecule has 0 bridgehead atoms. The molecular weight excluding hydrogens is 183 g/mol. The molecule has 0 spiro atoms. The smallest absolute Gasteiger partial charge is 0.196 e. The highest BCUT2D eigenvalue weighted by Gasteiger charge is 2.39. The minimum atomic E-state index is -2.87. The lowest BCUT2D eigenvalue weighted by Crippen LogP contribution is -2.27. The predicted molar refractivity (Wildman–Crippen MR) is 29.4 cm³/mol. The van der Waals surface area contributed by atoms with E-state index < -0.39 is 35.6 Å². The van der Waals surface area contributed by atoms with E-state index in [9.17, 15) is 22.0 Å². The molecule has 68 valence electrons. The summed E-state index contributed by atoms with van der Waals surface area (Å²) in [6.45, 7) is 0. The van der Waals surface area contributed by atoms with Crippen molar-refractivity contribution in [3.63, 3.8) is 0 Å². The third-order valence-corrected chi connectivity index (χ3v) is 1.39. The zero-order valence-electron chi connectivity index (χ0n) is 5.49. The number of aliphatic hydroxyl groups excluding tert-OH is 1. The first-order valence-corrected chi connectivity index (χ1v) is 2.89. The number of halogens is 5. The Balaban J connectivity index is 3.18. The zero-order chi connectivity index (χ0) is 9.46. The monoisotopic (exact) mass is 186 g/mol. The lowest BCUT2D eigenvalue weighted by atomic mass is 10.1. The van der Waals surface area contributed by atoms with Crippen LogP contribution >= 0.6 is 0 Å². The molecule has 0 amide bonds. The summed E-state index contributed by atoms with van der Waals surface area (Å²) in [5.74, 6) is -8.57. The van der Waals surface area contributed by atoms with Crippen LogP contribution in [0.4, 0.5) is 22.0 Å². The Morgan fingerprint density at radius 2 is 1.33 bits per heavy atom. The van der Waals surface area contributed by atoms with Crippen molar-refractivity contribution >= 4 is 0 Å². The average molecular weight is 186 g/mol. The van der Waals surface area contributed by atoms with Gasteiger partial charge >= 0.3 is 0 Å². The normalized spacial score (nSPS) is 31.5. The first-order valence-electron chi connectivity index (χ1n) is 2.89. The first kappa shape index (κ1) is 9.18. The van der Waals surface area contributed by atoms with E-state index in [0.29, 0.717) is 0 Å². The second-order valence-corrected chi connectivity index (χ2v) is 2.17. The van der Waals surface area contributed by atoms with Crippen LogP contribution in [0.25, 0.3) is 0 Å². The lowest BCUT2D eigenvalue weighted by Gasteiger charge is -2.17. The molecule has 1 N–H and O–H groups in total. The second-order valence-electron chi connectivity index (χ2n) is 2.17. The number of hydrogen-bond acceptors (Lipinski definition) is 1. The Morgan fingerprint density at radius 3 is 1.83 bits per heavy atom. The molecule has 0 radical (unpaired) electrons. The molecule has 2 atom stereocenters. The van der Waals surface area contributed by atoms with Crippen LogP contribution in [-0.2, 0) is 0 Å². The Morgan fingerprint density at radius 1 is 0.917 bits per heavy atom. The van der Waals surface area contributed by atoms with E-state index in [-0.39, 0.29) is 0 Å². The Hall–Kier alpha value is -0.910. The van der Waals surface area contributed by atoms with Gasteiger partial charge in [-0.1, -0.05) is 0 Å². The lowest BCUT2D eigenvalue weighted by molar-refractivity contribution is 0.0819. The van der Waals surface area contributed by atoms with Crippen LogP contribution in [0, 0.1) is 0 Å². The van der Waals surface area contributed by atoms with Crippen LogP contribution in [0.15, 0.2) is 23.3 Å². The largest absolute Gasteiger partial charge is 0.382 e. The topological polar surface area (TPSA) is 20.2 Å². The maximum Gasteiger partial charge on any atom is 0.196 e. The maximum atomic E-state index is 12.3. The maximum absolute atomic E-state index is 12.3. The Kier molecular flexibility index (Phi) is 2.18. The molecule has 1 rings (SSSR count). The molecule has 0 fully saturated rings. The van der Waals surface area contributed by atoms with E-state index in [1.54, 1.807) is 0 Å². The van der Waals surface area contributed by atoms with E-state index in [1.165, 1.54) is 0 Å². The molecule has 1 nitrogen and oxygen atoms in total. The van der Waals surface area contributed by atoms with Gasteiger partial charge in [-0.25, -0.2) is 22.0 Å². The van der Waals surface area contributed by atoms with Gasteiger partial charge in [-0.3, -0.25) is 0 Å². The number of alkyl halides is 1. The van der Waals surface area contributed by atoms with Gasteiger partial charge in [0.25, 0.3) is 0 Å². The fourth-order valence-corrected chi connectivity index (χ4v) is 0.728. The molecular formula is C6H3F5O. The highest BCUT2D eigenvalue weighted by molar-refractivity contribution is 5.34. The number of rotatable bonds is 0. The van der Waals surface area contributed by atoms with Crippen molar-refractivity contribution in [1.82, 2.24) is 0 Å². The van der Waals surface area contributed by atoms with Gasteiger partial charge in [0, 0.05) is 0 Å². The van der Waals surface area contributed by atoms with Crippen LogP contribution < -0.4 is 0 Å². The summed E-state index contributed by atoms with van der Waals surface area (Å²) in [5, 5.41) is 8.42. The summed E-state index contributed by atoms with van der Waals surface area (Å²) in [4.78, 5) is 0. The van der Waals surface area contributed by atoms with E-state index in [4.69, 9.17) is 5.11 Å². The van der Waals surface area contributed by atoms with E-state index >= 15 is 0 Å². The van der Waals surface area contributed by atoms with Gasteiger partial charge in [-0.15, -0.1) is 0 Å². The van der Waals surface area contributed by atoms with Gasteiger partial charge in [-0.05, 0) is 0 Å². The summed E-state index contributed by atoms with van der Waals surface area (Å²) in [5.41, 5.74) is 0. The standard InChI is InChI=1S/C6H3F5O/c7-1-2(8)4(10)6(12)5(11)3(1)9/h4,6,12H. The molecule has 0 aromatic carbocycles. The molecule has 1 aliphatic rings. The van der Waals surface area contributed by atoms with Crippen molar-refractivity contribution in [2.24, 2.45) is 0 Å². The van der Waals surface area contributed by atoms with Crippen LogP contribution in [0.5, 0.6) is 0 Å². The van der Waals surface area contributed by atoms with E-state index in [0.717, 1.165) is 0 Å². The molecule has 6 heteroatoms. The van der Waals surface area contributed by atoms with Crippen molar-refractivity contribution in [2.45, 2.75) is 12.3 Å². The van der Waals surface area contributed by atoms with Gasteiger partial charge in [0.05, 0.1) is 0 Å². The minimum absolute atomic E-state index is 2.03. The Labute approximate surface area is 63.8 Å². The van der Waals surface area contributed by atoms with Gasteiger partial charge < -0.3 is 5.11 Å². The van der Waals surface area contributed by atoms with E-state index in [2.05, 4.69) is 0 Å². The first-order chi connectivity index (χ1) is 5.46. The summed E-state index contributed by atoms with van der Waals surface area (Å²) < 4.78 is 60.9. The summed E-state index contributed by atoms with van der Waals surface area (Å²) in [7, 11) is 0. The summed E-state index contributed by atoms with van der Waals surface area (Å²) >= 11 is 0. The molecule has 0 aromatic rings. The third kappa shape index (κ3) is 1.12. The van der Waals surface area contributed by atoms with Crippen LogP contribution in [0.1, 0.15) is 0 Å². The third-order valence-electron chi connectivity index (χ3n) is 1.39. The molecule has 0 saturated heterocycles. The highest BCUT2D eigenvalue weighted by Crippen LogP contribution is 2.35. The fourth-order valence-electron chi connectivity index (χ4n) is 0.728. The number of allylic oxidation sites excluding steroid dienone is 2. The van der Waals surface area contributed by atoms with Crippen LogP contribution in [-0.4, -0.2) is 17.4 Å². The minimum Gasteiger partial charge on any atom is -0.382 e. The van der Waals surface area contributed by atoms with Gasteiger partial charge in [0.15, 0.2) is 29.5 Å². The van der Waals surface area contributed by atoms with Crippen LogP contribution in [0.3, 0.4) is 0 Å². The Bertz CT molecular complexity index is 241. The predicted octanol–water partition coefficient (Wildman–Crippen LogP) is 2.00. The second kappa shape index (κ2) is 2.85. The van der Waals surface area contributed by atoms with Crippen molar-refractivity contribution in [2.75, 3.05) is 0 Å². The van der Waals surface area contributed by atoms with Gasteiger partial charge in [-0.2, -0.15) is 0 Å². The van der Waals surface area contributed by atoms with Crippen molar-refractivity contribution in [3.05, 3.63) is 23.3 Å². The SMILES string of the molecule is OC1C(F)=C(F)C(F)=C(F)C1F. The van der Waals surface area contributed by atoms with Crippen molar-refractivity contribution in [3.8, 4) is 0 Å². The molecule has 0 aromatic heterocycles. The van der Waals surface area contributed by atoms with Crippen molar-refractivity contribution < 1.29 is 27.1 Å². The molecule has 2 unspecified atom stereocenters.